The quantitative estimate of drug-likeness (QED) is 0.670. The SMILES string of the molecule is CC(C)(O)C#CC(=O)N1CCC(C(=O)c2ccccc2)CC1. The maximum absolute atomic E-state index is 12.4. The molecule has 1 aliphatic rings. The molecule has 1 aliphatic heterocycles. The number of ketones is 1. The molecule has 1 aromatic carbocycles. The number of aliphatic hydroxyl groups is 1. The number of carbonyl (C=O) groups excluding carboxylic acids is 2. The third kappa shape index (κ3) is 4.44. The highest BCUT2D eigenvalue weighted by molar-refractivity contribution is 5.98. The van der Waals surface area contributed by atoms with Crippen LogP contribution >= 0.6 is 0 Å². The molecule has 1 heterocycles. The fourth-order valence-corrected chi connectivity index (χ4v) is 2.47. The summed E-state index contributed by atoms with van der Waals surface area (Å²) in [7, 11) is 0. The lowest BCUT2D eigenvalue weighted by Crippen LogP contribution is -2.39. The summed E-state index contributed by atoms with van der Waals surface area (Å²) in [6.45, 7) is 4.14. The second-order valence-electron chi connectivity index (χ2n) is 6.11. The van der Waals surface area contributed by atoms with Crippen LogP contribution in [0.1, 0.15) is 37.0 Å². The molecule has 1 saturated heterocycles. The summed E-state index contributed by atoms with van der Waals surface area (Å²) in [5.74, 6) is 4.83. The van der Waals surface area contributed by atoms with E-state index in [0.717, 1.165) is 5.56 Å². The summed E-state index contributed by atoms with van der Waals surface area (Å²) in [4.78, 5) is 26.0. The summed E-state index contributed by atoms with van der Waals surface area (Å²) < 4.78 is 0. The highest BCUT2D eigenvalue weighted by Gasteiger charge is 2.27. The first-order valence-electron chi connectivity index (χ1n) is 7.50. The van der Waals surface area contributed by atoms with Crippen LogP contribution in [0, 0.1) is 17.8 Å². The van der Waals surface area contributed by atoms with Crippen LogP contribution in [0.25, 0.3) is 0 Å². The largest absolute Gasteiger partial charge is 0.378 e. The molecule has 1 N–H and O–H groups in total. The van der Waals surface area contributed by atoms with Crippen molar-refractivity contribution in [3.05, 3.63) is 35.9 Å². The molecule has 0 saturated carbocycles. The first-order valence-corrected chi connectivity index (χ1v) is 7.50. The van der Waals surface area contributed by atoms with Gasteiger partial charge in [0.1, 0.15) is 5.60 Å². The average molecular weight is 299 g/mol. The average Bonchev–Trinajstić information content (AvgIpc) is 2.52. The van der Waals surface area contributed by atoms with Crippen LogP contribution < -0.4 is 0 Å². The van der Waals surface area contributed by atoms with Crippen molar-refractivity contribution in [2.24, 2.45) is 5.92 Å². The van der Waals surface area contributed by atoms with Gasteiger partial charge in [-0.25, -0.2) is 0 Å². The fourth-order valence-electron chi connectivity index (χ4n) is 2.47. The molecular weight excluding hydrogens is 278 g/mol. The molecule has 1 amide bonds. The minimum absolute atomic E-state index is 0.0336. The van der Waals surface area contributed by atoms with E-state index in [2.05, 4.69) is 11.8 Å². The van der Waals surface area contributed by atoms with Crippen molar-refractivity contribution in [2.45, 2.75) is 32.3 Å². The maximum Gasteiger partial charge on any atom is 0.298 e. The van der Waals surface area contributed by atoms with Crippen LogP contribution in [0.2, 0.25) is 0 Å². The lowest BCUT2D eigenvalue weighted by Gasteiger charge is -2.30. The van der Waals surface area contributed by atoms with E-state index in [1.807, 2.05) is 30.3 Å². The molecule has 1 fully saturated rings. The number of amides is 1. The standard InChI is InChI=1S/C18H21NO3/c1-18(2,22)11-8-16(20)19-12-9-15(10-13-19)17(21)14-6-4-3-5-7-14/h3-7,15,22H,9-10,12-13H2,1-2H3. The van der Waals surface area contributed by atoms with Gasteiger partial charge in [0.2, 0.25) is 0 Å². The van der Waals surface area contributed by atoms with Crippen molar-refractivity contribution in [3.63, 3.8) is 0 Å². The van der Waals surface area contributed by atoms with Crippen molar-refractivity contribution >= 4 is 11.7 Å². The first kappa shape index (κ1) is 16.3. The summed E-state index contributed by atoms with van der Waals surface area (Å²) in [6.07, 6.45) is 1.31. The second kappa shape index (κ2) is 6.76. The predicted octanol–water partition coefficient (Wildman–Crippen LogP) is 1.88. The number of nitrogens with zero attached hydrogens (tertiary/aromatic N) is 1. The lowest BCUT2D eigenvalue weighted by molar-refractivity contribution is -0.126. The Kier molecular flexibility index (Phi) is 4.99. The molecule has 4 nitrogen and oxygen atoms in total. The van der Waals surface area contributed by atoms with E-state index in [0.29, 0.717) is 25.9 Å². The molecule has 2 rings (SSSR count). The highest BCUT2D eigenvalue weighted by atomic mass is 16.3. The van der Waals surface area contributed by atoms with Crippen molar-refractivity contribution in [2.75, 3.05) is 13.1 Å². The number of Topliss-reactive ketones (excluding diaryl/α,β-unsaturated/α-hetero) is 1. The fraction of sp³-hybridized carbons (Fsp3) is 0.444. The van der Waals surface area contributed by atoms with Crippen molar-refractivity contribution < 1.29 is 14.7 Å². The van der Waals surface area contributed by atoms with E-state index >= 15 is 0 Å². The van der Waals surface area contributed by atoms with Gasteiger partial charge in [0.05, 0.1) is 0 Å². The van der Waals surface area contributed by atoms with E-state index in [1.54, 1.807) is 4.90 Å². The Balaban J connectivity index is 1.92. The monoisotopic (exact) mass is 299 g/mol. The van der Waals surface area contributed by atoms with Gasteiger partial charge in [0.15, 0.2) is 5.78 Å². The molecule has 116 valence electrons. The van der Waals surface area contributed by atoms with E-state index < -0.39 is 5.60 Å². The van der Waals surface area contributed by atoms with Gasteiger partial charge >= 0.3 is 0 Å². The normalized spacial score (nSPS) is 15.9. The second-order valence-corrected chi connectivity index (χ2v) is 6.11. The molecule has 22 heavy (non-hydrogen) atoms. The molecule has 4 heteroatoms. The molecule has 0 atom stereocenters. The van der Waals surface area contributed by atoms with Gasteiger partial charge in [-0.2, -0.15) is 0 Å². The molecule has 0 radical (unpaired) electrons. The zero-order valence-electron chi connectivity index (χ0n) is 13.0. The minimum Gasteiger partial charge on any atom is -0.378 e. The van der Waals surface area contributed by atoms with Gasteiger partial charge in [-0.3, -0.25) is 9.59 Å². The highest BCUT2D eigenvalue weighted by Crippen LogP contribution is 2.21. The predicted molar refractivity (Wildman–Crippen MR) is 84.2 cm³/mol. The molecule has 0 unspecified atom stereocenters. The summed E-state index contributed by atoms with van der Waals surface area (Å²) in [5.41, 5.74) is -0.439. The van der Waals surface area contributed by atoms with Gasteiger partial charge < -0.3 is 10.0 Å². The van der Waals surface area contributed by atoms with Gasteiger partial charge in [-0.05, 0) is 32.6 Å². The van der Waals surface area contributed by atoms with Gasteiger partial charge in [0, 0.05) is 24.6 Å². The summed E-state index contributed by atoms with van der Waals surface area (Å²) in [6, 6.07) is 9.26. The van der Waals surface area contributed by atoms with Crippen LogP contribution in [0.4, 0.5) is 0 Å². The first-order chi connectivity index (χ1) is 10.4. The van der Waals surface area contributed by atoms with Gasteiger partial charge in [-0.15, -0.1) is 0 Å². The minimum atomic E-state index is -1.17. The third-order valence-electron chi connectivity index (χ3n) is 3.69. The Morgan fingerprint density at radius 3 is 2.32 bits per heavy atom. The maximum atomic E-state index is 12.4. The Bertz CT molecular complexity index is 597. The Morgan fingerprint density at radius 1 is 1.18 bits per heavy atom. The Hall–Kier alpha value is -2.12. The zero-order valence-corrected chi connectivity index (χ0v) is 13.0. The number of hydrogen-bond acceptors (Lipinski definition) is 3. The molecule has 0 aromatic heterocycles. The Labute approximate surface area is 131 Å². The molecular formula is C18H21NO3. The van der Waals surface area contributed by atoms with Crippen molar-refractivity contribution in [1.29, 1.82) is 0 Å². The summed E-state index contributed by atoms with van der Waals surface area (Å²) in [5, 5.41) is 9.52. The van der Waals surface area contributed by atoms with Crippen LogP contribution in [0.15, 0.2) is 30.3 Å². The van der Waals surface area contributed by atoms with E-state index in [4.69, 9.17) is 0 Å². The zero-order chi connectivity index (χ0) is 16.2. The number of carbonyl (C=O) groups is 2. The van der Waals surface area contributed by atoms with E-state index in [-0.39, 0.29) is 17.6 Å². The molecule has 1 aromatic rings. The van der Waals surface area contributed by atoms with Crippen molar-refractivity contribution in [3.8, 4) is 11.8 Å². The molecule has 0 aliphatic carbocycles. The Morgan fingerprint density at radius 2 is 1.77 bits per heavy atom. The smallest absolute Gasteiger partial charge is 0.298 e. The van der Waals surface area contributed by atoms with E-state index in [1.165, 1.54) is 13.8 Å². The number of benzene rings is 1. The van der Waals surface area contributed by atoms with Crippen LogP contribution in [0.3, 0.4) is 0 Å². The van der Waals surface area contributed by atoms with Crippen molar-refractivity contribution in [1.82, 2.24) is 4.90 Å². The lowest BCUT2D eigenvalue weighted by atomic mass is 9.89. The number of likely N-dealkylation sites (tertiary alicyclic amines) is 1. The third-order valence-corrected chi connectivity index (χ3v) is 3.69. The van der Waals surface area contributed by atoms with Crippen LogP contribution in [-0.2, 0) is 4.79 Å². The molecule has 0 spiro atoms. The van der Waals surface area contributed by atoms with Gasteiger partial charge in [-0.1, -0.05) is 36.3 Å². The topological polar surface area (TPSA) is 57.6 Å². The summed E-state index contributed by atoms with van der Waals surface area (Å²) >= 11 is 0. The van der Waals surface area contributed by atoms with Crippen LogP contribution in [-0.4, -0.2) is 40.4 Å². The number of piperidine rings is 1. The number of hydrogen-bond donors (Lipinski definition) is 1. The van der Waals surface area contributed by atoms with Crippen LogP contribution in [0.5, 0.6) is 0 Å². The van der Waals surface area contributed by atoms with E-state index in [9.17, 15) is 14.7 Å². The number of rotatable bonds is 2. The van der Waals surface area contributed by atoms with Gasteiger partial charge in [0.25, 0.3) is 5.91 Å². The molecule has 0 bridgehead atoms.